The van der Waals surface area contributed by atoms with Crippen LogP contribution in [0.25, 0.3) is 16.9 Å². The number of nitrogens with zero attached hydrogens (tertiary/aromatic N) is 2. The van der Waals surface area contributed by atoms with E-state index in [2.05, 4.69) is 9.71 Å². The summed E-state index contributed by atoms with van der Waals surface area (Å²) in [5.41, 5.74) is 3.49. The number of anilines is 1. The number of fused-ring (bicyclic) bond motifs is 1. The smallest absolute Gasteiger partial charge is 0.262 e. The summed E-state index contributed by atoms with van der Waals surface area (Å²) >= 11 is 0. The topological polar surface area (TPSA) is 63.5 Å². The zero-order chi connectivity index (χ0) is 19.0. The van der Waals surface area contributed by atoms with Crippen molar-refractivity contribution in [1.82, 2.24) is 9.38 Å². The Labute approximate surface area is 156 Å². The Morgan fingerprint density at radius 2 is 1.89 bits per heavy atom. The first-order chi connectivity index (χ1) is 12.9. The van der Waals surface area contributed by atoms with Gasteiger partial charge in [-0.05, 0) is 48.9 Å². The van der Waals surface area contributed by atoms with Gasteiger partial charge in [-0.15, -0.1) is 0 Å². The Balaban J connectivity index is 1.72. The average Bonchev–Trinajstić information content (AvgIpc) is 3.07. The summed E-state index contributed by atoms with van der Waals surface area (Å²) in [5.74, 6) is -0.604. The van der Waals surface area contributed by atoms with E-state index in [1.807, 2.05) is 47.1 Å². The Kier molecular flexibility index (Phi) is 4.16. The number of imidazole rings is 1. The van der Waals surface area contributed by atoms with Crippen LogP contribution in [0.3, 0.4) is 0 Å². The standard InChI is InChI=1S/C20H16FN3O2S/c1-14-8-9-15(19-13-24-10-3-2-7-20(24)22-19)11-18(14)23-27(25,26)17-6-4-5-16(21)12-17/h2-13,23H,1H3. The second-order valence-corrected chi connectivity index (χ2v) is 7.87. The molecule has 0 bridgehead atoms. The molecule has 2 heterocycles. The predicted octanol–water partition coefficient (Wildman–Crippen LogP) is 4.25. The van der Waals surface area contributed by atoms with Crippen LogP contribution >= 0.6 is 0 Å². The van der Waals surface area contributed by atoms with Crippen molar-refractivity contribution in [2.75, 3.05) is 4.72 Å². The first kappa shape index (κ1) is 17.2. The van der Waals surface area contributed by atoms with Crippen molar-refractivity contribution in [3.05, 3.63) is 84.4 Å². The number of hydrogen-bond acceptors (Lipinski definition) is 3. The number of pyridine rings is 1. The molecule has 7 heteroatoms. The van der Waals surface area contributed by atoms with Gasteiger partial charge >= 0.3 is 0 Å². The summed E-state index contributed by atoms with van der Waals surface area (Å²) < 4.78 is 43.0. The summed E-state index contributed by atoms with van der Waals surface area (Å²) in [6.07, 6.45) is 3.78. The molecule has 27 heavy (non-hydrogen) atoms. The Bertz CT molecular complexity index is 1220. The van der Waals surface area contributed by atoms with E-state index in [9.17, 15) is 12.8 Å². The van der Waals surface area contributed by atoms with Crippen molar-refractivity contribution in [3.63, 3.8) is 0 Å². The third-order valence-corrected chi connectivity index (χ3v) is 5.61. The maximum absolute atomic E-state index is 13.4. The highest BCUT2D eigenvalue weighted by molar-refractivity contribution is 7.92. The van der Waals surface area contributed by atoms with Gasteiger partial charge < -0.3 is 4.40 Å². The molecule has 0 radical (unpaired) electrons. The van der Waals surface area contributed by atoms with Crippen molar-refractivity contribution < 1.29 is 12.8 Å². The van der Waals surface area contributed by atoms with Crippen molar-refractivity contribution in [1.29, 1.82) is 0 Å². The van der Waals surface area contributed by atoms with Crippen molar-refractivity contribution in [2.24, 2.45) is 0 Å². The fourth-order valence-corrected chi connectivity index (χ4v) is 3.96. The summed E-state index contributed by atoms with van der Waals surface area (Å²) in [6.45, 7) is 1.80. The van der Waals surface area contributed by atoms with Crippen LogP contribution in [0.5, 0.6) is 0 Å². The molecule has 0 atom stereocenters. The molecule has 1 N–H and O–H groups in total. The SMILES string of the molecule is Cc1ccc(-c2cn3ccccc3n2)cc1NS(=O)(=O)c1cccc(F)c1. The van der Waals surface area contributed by atoms with Crippen molar-refractivity contribution in [2.45, 2.75) is 11.8 Å². The monoisotopic (exact) mass is 381 g/mol. The van der Waals surface area contributed by atoms with E-state index in [0.29, 0.717) is 5.69 Å². The highest BCUT2D eigenvalue weighted by atomic mass is 32.2. The van der Waals surface area contributed by atoms with E-state index in [1.165, 1.54) is 18.2 Å². The third kappa shape index (κ3) is 3.41. The van der Waals surface area contributed by atoms with E-state index in [0.717, 1.165) is 28.5 Å². The molecule has 2 aromatic heterocycles. The molecule has 0 aliphatic carbocycles. The third-order valence-electron chi connectivity index (χ3n) is 4.25. The minimum Gasteiger partial charge on any atom is -0.306 e. The van der Waals surface area contributed by atoms with Gasteiger partial charge in [0.05, 0.1) is 16.3 Å². The predicted molar refractivity (Wildman–Crippen MR) is 103 cm³/mol. The lowest BCUT2D eigenvalue weighted by Gasteiger charge is -2.12. The van der Waals surface area contributed by atoms with Crippen molar-refractivity contribution >= 4 is 21.4 Å². The van der Waals surface area contributed by atoms with E-state index in [-0.39, 0.29) is 4.90 Å². The molecule has 4 aromatic rings. The fourth-order valence-electron chi connectivity index (χ4n) is 2.80. The number of rotatable bonds is 4. The van der Waals surface area contributed by atoms with Crippen LogP contribution in [0, 0.1) is 12.7 Å². The number of sulfonamides is 1. The van der Waals surface area contributed by atoms with E-state index >= 15 is 0 Å². The quantitative estimate of drug-likeness (QED) is 0.575. The van der Waals surface area contributed by atoms with Crippen molar-refractivity contribution in [3.8, 4) is 11.3 Å². The maximum atomic E-state index is 13.4. The minimum absolute atomic E-state index is 0.125. The highest BCUT2D eigenvalue weighted by Crippen LogP contribution is 2.27. The minimum atomic E-state index is -3.90. The molecule has 0 aliphatic rings. The first-order valence-corrected chi connectivity index (χ1v) is 9.74. The molecule has 0 unspecified atom stereocenters. The van der Waals surface area contributed by atoms with Crippen LogP contribution in [0.4, 0.5) is 10.1 Å². The van der Waals surface area contributed by atoms with Gasteiger partial charge in [-0.1, -0.05) is 24.3 Å². The molecule has 0 aliphatic heterocycles. The van der Waals surface area contributed by atoms with Crippen LogP contribution in [0.2, 0.25) is 0 Å². The van der Waals surface area contributed by atoms with Crippen LogP contribution in [-0.4, -0.2) is 17.8 Å². The zero-order valence-electron chi connectivity index (χ0n) is 14.4. The lowest BCUT2D eigenvalue weighted by Crippen LogP contribution is -2.14. The number of nitrogens with one attached hydrogen (secondary N) is 1. The number of benzene rings is 2. The molecule has 136 valence electrons. The van der Waals surface area contributed by atoms with Crippen LogP contribution in [0.1, 0.15) is 5.56 Å². The normalized spacial score (nSPS) is 11.6. The molecule has 0 fully saturated rings. The second kappa shape index (κ2) is 6.51. The van der Waals surface area contributed by atoms with Gasteiger partial charge in [0.2, 0.25) is 0 Å². The number of halogens is 1. The molecular weight excluding hydrogens is 365 g/mol. The first-order valence-electron chi connectivity index (χ1n) is 8.25. The molecule has 5 nitrogen and oxygen atoms in total. The van der Waals surface area contributed by atoms with Gasteiger partial charge in [0.15, 0.2) is 0 Å². The van der Waals surface area contributed by atoms with E-state index in [1.54, 1.807) is 13.0 Å². The summed E-state index contributed by atoms with van der Waals surface area (Å²) in [5, 5.41) is 0. The Morgan fingerprint density at radius 1 is 1.04 bits per heavy atom. The summed E-state index contributed by atoms with van der Waals surface area (Å²) in [7, 11) is -3.90. The molecule has 2 aromatic carbocycles. The lowest BCUT2D eigenvalue weighted by atomic mass is 10.1. The molecule has 0 spiro atoms. The molecule has 0 amide bonds. The van der Waals surface area contributed by atoms with Gasteiger partial charge in [0.1, 0.15) is 11.5 Å². The van der Waals surface area contributed by atoms with Crippen LogP contribution in [-0.2, 0) is 10.0 Å². The fraction of sp³-hybridized carbons (Fsp3) is 0.0500. The second-order valence-electron chi connectivity index (χ2n) is 6.18. The molecular formula is C20H16FN3O2S. The van der Waals surface area contributed by atoms with Gasteiger partial charge in [-0.3, -0.25) is 4.72 Å². The molecule has 4 rings (SSSR count). The van der Waals surface area contributed by atoms with Crippen LogP contribution in [0.15, 0.2) is 78.0 Å². The average molecular weight is 381 g/mol. The van der Waals surface area contributed by atoms with Gasteiger partial charge in [-0.25, -0.2) is 17.8 Å². The van der Waals surface area contributed by atoms with Gasteiger partial charge in [0, 0.05) is 18.0 Å². The van der Waals surface area contributed by atoms with Gasteiger partial charge in [0.25, 0.3) is 10.0 Å². The number of hydrogen-bond donors (Lipinski definition) is 1. The summed E-state index contributed by atoms with van der Waals surface area (Å²) in [6, 6.07) is 16.1. The van der Waals surface area contributed by atoms with Crippen LogP contribution < -0.4 is 4.72 Å². The molecule has 0 saturated carbocycles. The molecule has 0 saturated heterocycles. The number of aromatic nitrogens is 2. The Morgan fingerprint density at radius 3 is 2.67 bits per heavy atom. The Hall–Kier alpha value is -3.19. The summed E-state index contributed by atoms with van der Waals surface area (Å²) in [4.78, 5) is 4.43. The van der Waals surface area contributed by atoms with E-state index in [4.69, 9.17) is 0 Å². The van der Waals surface area contributed by atoms with Gasteiger partial charge in [-0.2, -0.15) is 0 Å². The largest absolute Gasteiger partial charge is 0.306 e. The lowest BCUT2D eigenvalue weighted by molar-refractivity contribution is 0.595. The highest BCUT2D eigenvalue weighted by Gasteiger charge is 2.17. The van der Waals surface area contributed by atoms with E-state index < -0.39 is 15.8 Å². The zero-order valence-corrected chi connectivity index (χ0v) is 15.2. The number of aryl methyl sites for hydroxylation is 1. The maximum Gasteiger partial charge on any atom is 0.262 e.